The number of hydrogen-bond donors (Lipinski definition) is 1. The maximum Gasteiger partial charge on any atom is 0.245 e. The lowest BCUT2D eigenvalue weighted by molar-refractivity contribution is -0.134. The Kier molecular flexibility index (Phi) is 5.01. The summed E-state index contributed by atoms with van der Waals surface area (Å²) in [5, 5.41) is 3.46. The summed E-state index contributed by atoms with van der Waals surface area (Å²) in [6, 6.07) is 7.07. The number of benzene rings is 1. The normalized spacial score (nSPS) is 19.7. The summed E-state index contributed by atoms with van der Waals surface area (Å²) in [5.74, 6) is -0.0527. The molecule has 1 heterocycles. The number of carbonyl (C=O) groups is 2. The Balaban J connectivity index is 2.12. The van der Waals surface area contributed by atoms with Gasteiger partial charge in [-0.15, -0.1) is 0 Å². The monoisotopic (exact) mass is 294 g/mol. The lowest BCUT2D eigenvalue weighted by Gasteiger charge is -2.24. The van der Waals surface area contributed by atoms with Gasteiger partial charge in [0.05, 0.1) is 0 Å². The number of halogens is 1. The van der Waals surface area contributed by atoms with E-state index in [-0.39, 0.29) is 11.8 Å². The summed E-state index contributed by atoms with van der Waals surface area (Å²) in [4.78, 5) is 25.8. The second kappa shape index (κ2) is 6.75. The van der Waals surface area contributed by atoms with Gasteiger partial charge >= 0.3 is 0 Å². The van der Waals surface area contributed by atoms with Gasteiger partial charge in [-0.3, -0.25) is 9.59 Å². The zero-order chi connectivity index (χ0) is 14.5. The van der Waals surface area contributed by atoms with Crippen molar-refractivity contribution in [3.63, 3.8) is 0 Å². The molecule has 1 fully saturated rings. The van der Waals surface area contributed by atoms with Gasteiger partial charge in [0, 0.05) is 24.5 Å². The van der Waals surface area contributed by atoms with Crippen molar-refractivity contribution in [2.45, 2.75) is 38.8 Å². The van der Waals surface area contributed by atoms with Gasteiger partial charge in [0.15, 0.2) is 0 Å². The Morgan fingerprint density at radius 3 is 2.90 bits per heavy atom. The minimum atomic E-state index is -0.394. The molecule has 1 aromatic rings. The van der Waals surface area contributed by atoms with Crippen molar-refractivity contribution in [3.8, 4) is 0 Å². The summed E-state index contributed by atoms with van der Waals surface area (Å²) in [5.41, 5.74) is 0.982. The minimum Gasteiger partial charge on any atom is -0.344 e. The molecule has 1 atom stereocenters. The van der Waals surface area contributed by atoms with Gasteiger partial charge in [-0.2, -0.15) is 0 Å². The molecule has 1 aliphatic heterocycles. The van der Waals surface area contributed by atoms with Crippen LogP contribution in [0.5, 0.6) is 0 Å². The van der Waals surface area contributed by atoms with Gasteiger partial charge in [-0.05, 0) is 24.1 Å². The van der Waals surface area contributed by atoms with E-state index in [1.807, 2.05) is 25.1 Å². The SMILES string of the molecule is CCCC1NC(=O)CCN(Cc2cccc(Cl)c2)C1=O. The van der Waals surface area contributed by atoms with Gasteiger partial charge in [-0.1, -0.05) is 37.1 Å². The average Bonchev–Trinajstić information content (AvgIpc) is 2.53. The second-order valence-electron chi connectivity index (χ2n) is 5.05. The van der Waals surface area contributed by atoms with E-state index < -0.39 is 6.04 Å². The molecule has 0 radical (unpaired) electrons. The lowest BCUT2D eigenvalue weighted by Crippen LogP contribution is -2.44. The molecule has 2 rings (SSSR count). The smallest absolute Gasteiger partial charge is 0.245 e. The highest BCUT2D eigenvalue weighted by Crippen LogP contribution is 2.15. The van der Waals surface area contributed by atoms with Gasteiger partial charge in [0.1, 0.15) is 6.04 Å². The molecule has 0 saturated carbocycles. The van der Waals surface area contributed by atoms with E-state index in [0.29, 0.717) is 31.0 Å². The Labute approximate surface area is 124 Å². The molecule has 1 aromatic carbocycles. The Morgan fingerprint density at radius 1 is 1.40 bits per heavy atom. The van der Waals surface area contributed by atoms with Crippen LogP contribution in [0.15, 0.2) is 24.3 Å². The largest absolute Gasteiger partial charge is 0.344 e. The molecule has 108 valence electrons. The molecule has 0 aliphatic carbocycles. The van der Waals surface area contributed by atoms with Crippen LogP contribution in [-0.4, -0.2) is 29.3 Å². The quantitative estimate of drug-likeness (QED) is 0.927. The first kappa shape index (κ1) is 14.9. The van der Waals surface area contributed by atoms with Gasteiger partial charge < -0.3 is 10.2 Å². The summed E-state index contributed by atoms with van der Waals surface area (Å²) < 4.78 is 0. The van der Waals surface area contributed by atoms with Crippen molar-refractivity contribution in [1.82, 2.24) is 10.2 Å². The van der Waals surface area contributed by atoms with Crippen molar-refractivity contribution in [3.05, 3.63) is 34.9 Å². The van der Waals surface area contributed by atoms with Crippen LogP contribution in [0.2, 0.25) is 5.02 Å². The van der Waals surface area contributed by atoms with Crippen LogP contribution in [0, 0.1) is 0 Å². The third-order valence-corrected chi connectivity index (χ3v) is 3.63. The highest BCUT2D eigenvalue weighted by molar-refractivity contribution is 6.30. The van der Waals surface area contributed by atoms with E-state index in [0.717, 1.165) is 12.0 Å². The predicted molar refractivity (Wildman–Crippen MR) is 78.3 cm³/mol. The summed E-state index contributed by atoms with van der Waals surface area (Å²) in [6.45, 7) is 2.96. The number of amides is 2. The van der Waals surface area contributed by atoms with Crippen molar-refractivity contribution in [2.75, 3.05) is 6.54 Å². The Bertz CT molecular complexity index is 504. The standard InChI is InChI=1S/C15H19ClN2O2/c1-2-4-13-15(20)18(8-7-14(19)17-13)10-11-5-3-6-12(16)9-11/h3,5-6,9,13H,2,4,7-8,10H2,1H3,(H,17,19). The lowest BCUT2D eigenvalue weighted by atomic mass is 10.1. The van der Waals surface area contributed by atoms with E-state index >= 15 is 0 Å². The van der Waals surface area contributed by atoms with E-state index in [4.69, 9.17) is 11.6 Å². The minimum absolute atomic E-state index is 0.00215. The molecule has 1 saturated heterocycles. The van der Waals surface area contributed by atoms with Crippen LogP contribution in [-0.2, 0) is 16.1 Å². The highest BCUT2D eigenvalue weighted by atomic mass is 35.5. The molecule has 0 bridgehead atoms. The molecule has 0 spiro atoms. The van der Waals surface area contributed by atoms with E-state index in [9.17, 15) is 9.59 Å². The number of hydrogen-bond acceptors (Lipinski definition) is 2. The fourth-order valence-electron chi connectivity index (χ4n) is 2.39. The van der Waals surface area contributed by atoms with E-state index in [1.165, 1.54) is 0 Å². The van der Waals surface area contributed by atoms with Crippen LogP contribution in [0.1, 0.15) is 31.7 Å². The van der Waals surface area contributed by atoms with E-state index in [1.54, 1.807) is 11.0 Å². The maximum atomic E-state index is 12.4. The van der Waals surface area contributed by atoms with Gasteiger partial charge in [-0.25, -0.2) is 0 Å². The molecule has 1 aliphatic rings. The number of carbonyl (C=O) groups excluding carboxylic acids is 2. The molecule has 20 heavy (non-hydrogen) atoms. The molecular formula is C15H19ClN2O2. The van der Waals surface area contributed by atoms with Crippen LogP contribution < -0.4 is 5.32 Å². The zero-order valence-corrected chi connectivity index (χ0v) is 12.3. The van der Waals surface area contributed by atoms with Crippen LogP contribution in [0.4, 0.5) is 0 Å². The van der Waals surface area contributed by atoms with Crippen molar-refractivity contribution < 1.29 is 9.59 Å². The Hall–Kier alpha value is -1.55. The van der Waals surface area contributed by atoms with Gasteiger partial charge in [0.2, 0.25) is 11.8 Å². The molecular weight excluding hydrogens is 276 g/mol. The maximum absolute atomic E-state index is 12.4. The fourth-order valence-corrected chi connectivity index (χ4v) is 2.61. The first-order chi connectivity index (χ1) is 9.60. The van der Waals surface area contributed by atoms with Crippen LogP contribution in [0.25, 0.3) is 0 Å². The van der Waals surface area contributed by atoms with Crippen molar-refractivity contribution >= 4 is 23.4 Å². The van der Waals surface area contributed by atoms with Crippen molar-refractivity contribution in [2.24, 2.45) is 0 Å². The summed E-state index contributed by atoms with van der Waals surface area (Å²) in [7, 11) is 0. The number of nitrogens with one attached hydrogen (secondary N) is 1. The fraction of sp³-hybridized carbons (Fsp3) is 0.467. The summed E-state index contributed by atoms with van der Waals surface area (Å²) >= 11 is 5.96. The molecule has 0 aromatic heterocycles. The Morgan fingerprint density at radius 2 is 2.20 bits per heavy atom. The van der Waals surface area contributed by atoms with Crippen LogP contribution in [0.3, 0.4) is 0 Å². The van der Waals surface area contributed by atoms with Gasteiger partial charge in [0.25, 0.3) is 0 Å². The first-order valence-corrected chi connectivity index (χ1v) is 7.30. The third kappa shape index (κ3) is 3.73. The second-order valence-corrected chi connectivity index (χ2v) is 5.48. The highest BCUT2D eigenvalue weighted by Gasteiger charge is 2.28. The molecule has 1 unspecified atom stereocenters. The molecule has 1 N–H and O–H groups in total. The third-order valence-electron chi connectivity index (χ3n) is 3.39. The van der Waals surface area contributed by atoms with Crippen molar-refractivity contribution in [1.29, 1.82) is 0 Å². The number of nitrogens with zero attached hydrogens (tertiary/aromatic N) is 1. The summed E-state index contributed by atoms with van der Waals surface area (Å²) in [6.07, 6.45) is 1.89. The molecule has 4 nitrogen and oxygen atoms in total. The topological polar surface area (TPSA) is 49.4 Å². The average molecular weight is 295 g/mol. The zero-order valence-electron chi connectivity index (χ0n) is 11.6. The molecule has 5 heteroatoms. The first-order valence-electron chi connectivity index (χ1n) is 6.92. The predicted octanol–water partition coefficient (Wildman–Crippen LogP) is 2.36. The molecule has 2 amide bonds. The number of rotatable bonds is 4. The van der Waals surface area contributed by atoms with E-state index in [2.05, 4.69) is 5.32 Å². The van der Waals surface area contributed by atoms with Crippen LogP contribution >= 0.6 is 11.6 Å².